The van der Waals surface area contributed by atoms with Crippen molar-refractivity contribution in [2.24, 2.45) is 5.92 Å². The maximum Gasteiger partial charge on any atom is 0.257 e. The minimum Gasteiger partial charge on any atom is -0.395 e. The van der Waals surface area contributed by atoms with Crippen LogP contribution in [-0.4, -0.2) is 50.4 Å². The number of nitrogens with zero attached hydrogens (tertiary/aromatic N) is 3. The Morgan fingerprint density at radius 2 is 2.08 bits per heavy atom. The highest BCUT2D eigenvalue weighted by atomic mass is 32.2. The average molecular weight is 380 g/mol. The summed E-state index contributed by atoms with van der Waals surface area (Å²) in [6.07, 6.45) is 6.20. The minimum absolute atomic E-state index is 0.00799. The van der Waals surface area contributed by atoms with Crippen LogP contribution in [0.3, 0.4) is 0 Å². The van der Waals surface area contributed by atoms with E-state index in [0.29, 0.717) is 25.3 Å². The molecule has 2 heterocycles. The number of carbonyl (C=O) groups excluding carboxylic acids is 1. The van der Waals surface area contributed by atoms with E-state index >= 15 is 0 Å². The molecule has 1 amide bonds. The van der Waals surface area contributed by atoms with E-state index in [1.807, 2.05) is 18.7 Å². The number of hydrogen-bond acceptors (Lipinski definition) is 5. The second-order valence-corrected chi connectivity index (χ2v) is 8.27. The van der Waals surface area contributed by atoms with Crippen LogP contribution >= 0.6 is 11.8 Å². The van der Waals surface area contributed by atoms with E-state index < -0.39 is 0 Å². The third-order valence-corrected chi connectivity index (χ3v) is 6.73. The van der Waals surface area contributed by atoms with E-state index in [2.05, 4.69) is 4.98 Å². The lowest BCUT2D eigenvalue weighted by molar-refractivity contribution is -0.139. The topological polar surface area (TPSA) is 75.4 Å². The van der Waals surface area contributed by atoms with Gasteiger partial charge in [-0.25, -0.2) is 4.98 Å². The highest BCUT2D eigenvalue weighted by Gasteiger charge is 2.34. The number of aliphatic hydroxyl groups excluding tert-OH is 1. The Morgan fingerprint density at radius 1 is 1.35 bits per heavy atom. The van der Waals surface area contributed by atoms with Gasteiger partial charge in [0.15, 0.2) is 5.16 Å². The average Bonchev–Trinajstić information content (AvgIpc) is 2.66. The summed E-state index contributed by atoms with van der Waals surface area (Å²) in [5.41, 5.74) is 1.53. The number of fused-ring (bicyclic) bond motifs is 1. The Balaban J connectivity index is 1.82. The van der Waals surface area contributed by atoms with Crippen molar-refractivity contribution in [3.8, 4) is 0 Å². The SMILES string of the molecule is CCc1c(C)nc2n(c1=O)CC(C(=O)N(CCO)C1CCCCC1)CS2. The predicted molar refractivity (Wildman–Crippen MR) is 102 cm³/mol. The van der Waals surface area contributed by atoms with Gasteiger partial charge in [-0.1, -0.05) is 37.9 Å². The zero-order valence-electron chi connectivity index (χ0n) is 15.7. The second kappa shape index (κ2) is 8.57. The Bertz CT molecular complexity index is 713. The van der Waals surface area contributed by atoms with Crippen molar-refractivity contribution in [2.75, 3.05) is 18.9 Å². The zero-order chi connectivity index (χ0) is 18.7. The lowest BCUT2D eigenvalue weighted by Gasteiger charge is -2.37. The van der Waals surface area contributed by atoms with E-state index in [9.17, 15) is 14.7 Å². The fourth-order valence-corrected chi connectivity index (χ4v) is 5.27. The highest BCUT2D eigenvalue weighted by molar-refractivity contribution is 7.99. The number of carbonyl (C=O) groups is 1. The summed E-state index contributed by atoms with van der Waals surface area (Å²) < 4.78 is 1.68. The molecule has 6 nitrogen and oxygen atoms in total. The lowest BCUT2D eigenvalue weighted by atomic mass is 9.93. The van der Waals surface area contributed by atoms with Crippen LogP contribution in [0, 0.1) is 12.8 Å². The number of thioether (sulfide) groups is 1. The fourth-order valence-electron chi connectivity index (χ4n) is 4.16. The van der Waals surface area contributed by atoms with Crippen LogP contribution in [0.2, 0.25) is 0 Å². The summed E-state index contributed by atoms with van der Waals surface area (Å²) >= 11 is 1.50. The van der Waals surface area contributed by atoms with Gasteiger partial charge < -0.3 is 10.0 Å². The third-order valence-electron chi connectivity index (χ3n) is 5.59. The molecule has 144 valence electrons. The summed E-state index contributed by atoms with van der Waals surface area (Å²) in [6, 6.07) is 0.230. The Hall–Kier alpha value is -1.34. The van der Waals surface area contributed by atoms with Crippen LogP contribution in [0.25, 0.3) is 0 Å². The van der Waals surface area contributed by atoms with E-state index in [0.717, 1.165) is 42.1 Å². The predicted octanol–water partition coefficient (Wildman–Crippen LogP) is 1.99. The standard InChI is InChI=1S/C19H29N3O3S/c1-3-16-13(2)20-19-22(18(16)25)11-14(12-26-19)17(24)21(9-10-23)15-7-5-4-6-8-15/h14-15,23H,3-12H2,1-2H3. The van der Waals surface area contributed by atoms with Gasteiger partial charge in [0, 0.05) is 36.1 Å². The summed E-state index contributed by atoms with van der Waals surface area (Å²) in [7, 11) is 0. The molecule has 0 saturated heterocycles. The lowest BCUT2D eigenvalue weighted by Crippen LogP contribution is -2.49. The van der Waals surface area contributed by atoms with Crippen LogP contribution in [0.5, 0.6) is 0 Å². The number of aliphatic hydroxyl groups is 1. The molecule has 3 rings (SSSR count). The maximum atomic E-state index is 13.2. The summed E-state index contributed by atoms with van der Waals surface area (Å²) in [4.78, 5) is 32.4. The van der Waals surface area contributed by atoms with Crippen molar-refractivity contribution < 1.29 is 9.90 Å². The Morgan fingerprint density at radius 3 is 2.73 bits per heavy atom. The van der Waals surface area contributed by atoms with Crippen LogP contribution in [0.15, 0.2) is 9.95 Å². The monoisotopic (exact) mass is 379 g/mol. The normalized spacial score (nSPS) is 20.7. The molecule has 1 aromatic rings. The van der Waals surface area contributed by atoms with E-state index in [-0.39, 0.29) is 30.0 Å². The molecule has 0 bridgehead atoms. The molecule has 1 aromatic heterocycles. The van der Waals surface area contributed by atoms with Gasteiger partial charge in [-0.3, -0.25) is 14.2 Å². The van der Waals surface area contributed by atoms with E-state index in [1.165, 1.54) is 18.2 Å². The summed E-state index contributed by atoms with van der Waals surface area (Å²) in [5.74, 6) is 0.493. The number of aromatic nitrogens is 2. The number of hydrogen-bond donors (Lipinski definition) is 1. The quantitative estimate of drug-likeness (QED) is 0.792. The van der Waals surface area contributed by atoms with Gasteiger partial charge in [-0.15, -0.1) is 0 Å². The van der Waals surface area contributed by atoms with Crippen molar-refractivity contribution in [3.05, 3.63) is 21.6 Å². The van der Waals surface area contributed by atoms with Crippen LogP contribution in [-0.2, 0) is 17.8 Å². The van der Waals surface area contributed by atoms with Crippen molar-refractivity contribution in [3.63, 3.8) is 0 Å². The molecule has 1 atom stereocenters. The molecule has 1 aliphatic heterocycles. The molecule has 26 heavy (non-hydrogen) atoms. The summed E-state index contributed by atoms with van der Waals surface area (Å²) in [6.45, 7) is 4.61. The number of rotatable bonds is 5. The van der Waals surface area contributed by atoms with Gasteiger partial charge in [0.1, 0.15) is 0 Å². The van der Waals surface area contributed by atoms with Crippen LogP contribution in [0.4, 0.5) is 0 Å². The molecular weight excluding hydrogens is 350 g/mol. The molecule has 1 N–H and O–H groups in total. The van der Waals surface area contributed by atoms with E-state index in [1.54, 1.807) is 4.57 Å². The van der Waals surface area contributed by atoms with Crippen molar-refractivity contribution >= 4 is 17.7 Å². The van der Waals surface area contributed by atoms with Gasteiger partial charge in [0.05, 0.1) is 12.5 Å². The molecular formula is C19H29N3O3S. The molecule has 1 aliphatic carbocycles. The molecule has 1 saturated carbocycles. The minimum atomic E-state index is -0.229. The van der Waals surface area contributed by atoms with Crippen LogP contribution < -0.4 is 5.56 Å². The van der Waals surface area contributed by atoms with Crippen molar-refractivity contribution in [1.82, 2.24) is 14.5 Å². The smallest absolute Gasteiger partial charge is 0.257 e. The largest absolute Gasteiger partial charge is 0.395 e. The molecule has 2 aliphatic rings. The van der Waals surface area contributed by atoms with Crippen LogP contribution in [0.1, 0.15) is 50.3 Å². The fraction of sp³-hybridized carbons (Fsp3) is 0.737. The highest BCUT2D eigenvalue weighted by Crippen LogP contribution is 2.29. The van der Waals surface area contributed by atoms with Gasteiger partial charge in [0.2, 0.25) is 5.91 Å². The molecule has 0 spiro atoms. The Kier molecular flexibility index (Phi) is 6.40. The van der Waals surface area contributed by atoms with Gasteiger partial charge >= 0.3 is 0 Å². The zero-order valence-corrected chi connectivity index (χ0v) is 16.6. The molecule has 0 aromatic carbocycles. The van der Waals surface area contributed by atoms with Gasteiger partial charge in [0.25, 0.3) is 5.56 Å². The molecule has 1 fully saturated rings. The van der Waals surface area contributed by atoms with Crippen molar-refractivity contribution in [1.29, 1.82) is 0 Å². The maximum absolute atomic E-state index is 13.2. The second-order valence-electron chi connectivity index (χ2n) is 7.28. The van der Waals surface area contributed by atoms with Gasteiger partial charge in [-0.05, 0) is 26.2 Å². The first kappa shape index (κ1) is 19.4. The number of amides is 1. The molecule has 0 radical (unpaired) electrons. The molecule has 1 unspecified atom stereocenters. The first-order valence-corrected chi connectivity index (χ1v) is 10.7. The first-order chi connectivity index (χ1) is 12.6. The van der Waals surface area contributed by atoms with E-state index in [4.69, 9.17) is 0 Å². The first-order valence-electron chi connectivity index (χ1n) is 9.71. The third kappa shape index (κ3) is 3.83. The Labute approximate surface area is 159 Å². The van der Waals surface area contributed by atoms with Gasteiger partial charge in [-0.2, -0.15) is 0 Å². The molecule has 7 heteroatoms. The van der Waals surface area contributed by atoms with Crippen molar-refractivity contribution in [2.45, 2.75) is 70.1 Å². The number of aryl methyl sites for hydroxylation is 1. The summed E-state index contributed by atoms with van der Waals surface area (Å²) in [5, 5.41) is 10.2.